The Morgan fingerprint density at radius 1 is 1.25 bits per heavy atom. The first-order valence-electron chi connectivity index (χ1n) is 8.53. The van der Waals surface area contributed by atoms with Gasteiger partial charge in [0.2, 0.25) is 5.95 Å². The fourth-order valence-electron chi connectivity index (χ4n) is 4.27. The van der Waals surface area contributed by atoms with Crippen molar-refractivity contribution in [1.82, 2.24) is 24.6 Å². The maximum Gasteiger partial charge on any atom is 0.229 e. The number of nitrogens with zero attached hydrogens (tertiary/aromatic N) is 5. The topological polar surface area (TPSA) is 62.1 Å². The van der Waals surface area contributed by atoms with Crippen LogP contribution in [0.4, 0.5) is 0 Å². The van der Waals surface area contributed by atoms with Crippen molar-refractivity contribution in [2.45, 2.75) is 51.6 Å². The smallest absolute Gasteiger partial charge is 0.229 e. The monoisotopic (exact) mass is 340 g/mol. The van der Waals surface area contributed by atoms with Gasteiger partial charge in [-0.1, -0.05) is 24.6 Å². The lowest BCUT2D eigenvalue weighted by Crippen LogP contribution is -2.38. The number of H-pyrrole nitrogens is 1. The highest BCUT2D eigenvalue weighted by molar-refractivity contribution is 8.16. The van der Waals surface area contributed by atoms with Gasteiger partial charge in [0.15, 0.2) is 5.17 Å². The molecule has 3 aliphatic rings. The molecule has 0 bridgehead atoms. The fraction of sp³-hybridized carbons (Fsp3) is 0.471. The molecular weight excluding hydrogens is 320 g/mol. The van der Waals surface area contributed by atoms with Gasteiger partial charge in [-0.3, -0.25) is 9.56 Å². The summed E-state index contributed by atoms with van der Waals surface area (Å²) in [5, 5.41) is 10.4. The van der Waals surface area contributed by atoms with Crippen LogP contribution in [0.5, 0.6) is 0 Å². The van der Waals surface area contributed by atoms with Gasteiger partial charge in [0.25, 0.3) is 0 Å². The molecule has 24 heavy (non-hydrogen) atoms. The van der Waals surface area contributed by atoms with E-state index in [2.05, 4.69) is 50.0 Å². The Balaban J connectivity index is 1.56. The standard InChI is InChI=1S/C17H20N6S/c1-10-7-12(11(2)22(10)16-18-9-19-21-16)15-8-24-17-20-13-5-3-4-6-14(13)23(15)17/h7-9,13-14H,3-6H2,1-2H3,(H,18,19,21)/t13-,14+/m1/s1. The van der Waals surface area contributed by atoms with E-state index < -0.39 is 0 Å². The molecule has 0 saturated heterocycles. The zero-order chi connectivity index (χ0) is 16.3. The van der Waals surface area contributed by atoms with Crippen LogP contribution in [0.3, 0.4) is 0 Å². The second-order valence-electron chi connectivity index (χ2n) is 6.75. The first-order valence-corrected chi connectivity index (χ1v) is 9.41. The van der Waals surface area contributed by atoms with E-state index in [1.165, 1.54) is 47.8 Å². The Labute approximate surface area is 145 Å². The molecule has 1 N–H and O–H groups in total. The molecule has 124 valence electrons. The SMILES string of the molecule is Cc1cc(C2=CSC3=N[C@@H]4CCCC[C@@H]4N23)c(C)n1-c1ncn[nH]1. The molecule has 4 heterocycles. The lowest BCUT2D eigenvalue weighted by atomic mass is 9.90. The van der Waals surface area contributed by atoms with Crippen LogP contribution in [-0.4, -0.2) is 41.9 Å². The Morgan fingerprint density at radius 3 is 2.96 bits per heavy atom. The molecule has 2 aromatic rings. The van der Waals surface area contributed by atoms with Crippen LogP contribution in [0.2, 0.25) is 0 Å². The first-order chi connectivity index (χ1) is 11.7. The van der Waals surface area contributed by atoms with Crippen LogP contribution in [0.1, 0.15) is 42.6 Å². The average molecular weight is 340 g/mol. The molecular formula is C17H20N6S. The average Bonchev–Trinajstić information content (AvgIpc) is 3.31. The maximum absolute atomic E-state index is 4.97. The van der Waals surface area contributed by atoms with Crippen LogP contribution in [0.25, 0.3) is 11.6 Å². The molecule has 1 aliphatic carbocycles. The number of aromatic amines is 1. The van der Waals surface area contributed by atoms with Crippen molar-refractivity contribution in [2.24, 2.45) is 4.99 Å². The summed E-state index contributed by atoms with van der Waals surface area (Å²) in [4.78, 5) is 11.8. The third-order valence-corrected chi connectivity index (χ3v) is 6.22. The van der Waals surface area contributed by atoms with Gasteiger partial charge in [0.05, 0.1) is 17.8 Å². The number of hydrogen-bond donors (Lipinski definition) is 1. The summed E-state index contributed by atoms with van der Waals surface area (Å²) in [7, 11) is 0. The molecule has 0 unspecified atom stereocenters. The first kappa shape index (κ1) is 14.3. The van der Waals surface area contributed by atoms with Crippen LogP contribution < -0.4 is 0 Å². The van der Waals surface area contributed by atoms with E-state index in [0.29, 0.717) is 12.1 Å². The van der Waals surface area contributed by atoms with Crippen molar-refractivity contribution in [3.05, 3.63) is 34.8 Å². The number of rotatable bonds is 2. The van der Waals surface area contributed by atoms with E-state index in [0.717, 1.165) is 11.6 Å². The molecule has 5 rings (SSSR count). The predicted octanol–water partition coefficient (Wildman–Crippen LogP) is 3.24. The molecule has 2 atom stereocenters. The van der Waals surface area contributed by atoms with E-state index in [1.54, 1.807) is 18.1 Å². The fourth-order valence-corrected chi connectivity index (χ4v) is 5.27. The molecule has 1 saturated carbocycles. The van der Waals surface area contributed by atoms with Crippen molar-refractivity contribution in [3.63, 3.8) is 0 Å². The lowest BCUT2D eigenvalue weighted by molar-refractivity contribution is 0.305. The number of aliphatic imine (C=N–C) groups is 1. The Hall–Kier alpha value is -2.02. The van der Waals surface area contributed by atoms with Gasteiger partial charge in [0.1, 0.15) is 6.33 Å². The van der Waals surface area contributed by atoms with Crippen LogP contribution in [0.15, 0.2) is 22.8 Å². The third kappa shape index (κ3) is 1.94. The minimum absolute atomic E-state index is 0.489. The van der Waals surface area contributed by atoms with Crippen LogP contribution in [-0.2, 0) is 0 Å². The number of amidine groups is 1. The Bertz CT molecular complexity index is 847. The van der Waals surface area contributed by atoms with E-state index >= 15 is 0 Å². The van der Waals surface area contributed by atoms with Crippen LogP contribution >= 0.6 is 11.8 Å². The molecule has 1 fully saturated rings. The molecule has 0 aromatic carbocycles. The number of fused-ring (bicyclic) bond motifs is 3. The number of aromatic nitrogens is 4. The number of thioether (sulfide) groups is 1. The minimum Gasteiger partial charge on any atom is -0.315 e. The molecule has 2 aliphatic heterocycles. The molecule has 0 radical (unpaired) electrons. The second kappa shape index (κ2) is 5.24. The summed E-state index contributed by atoms with van der Waals surface area (Å²) in [6.45, 7) is 4.27. The van der Waals surface area contributed by atoms with Gasteiger partial charge in [-0.2, -0.15) is 10.1 Å². The number of hydrogen-bond acceptors (Lipinski definition) is 5. The summed E-state index contributed by atoms with van der Waals surface area (Å²) in [6.07, 6.45) is 6.66. The Morgan fingerprint density at radius 2 is 2.12 bits per heavy atom. The number of aryl methyl sites for hydroxylation is 1. The highest BCUT2D eigenvalue weighted by atomic mass is 32.2. The van der Waals surface area contributed by atoms with E-state index in [9.17, 15) is 0 Å². The predicted molar refractivity (Wildman–Crippen MR) is 96.1 cm³/mol. The van der Waals surface area contributed by atoms with Crippen LogP contribution in [0, 0.1) is 13.8 Å². The highest BCUT2D eigenvalue weighted by Crippen LogP contribution is 2.45. The lowest BCUT2D eigenvalue weighted by Gasteiger charge is -2.32. The quantitative estimate of drug-likeness (QED) is 0.912. The summed E-state index contributed by atoms with van der Waals surface area (Å²) < 4.78 is 2.14. The molecule has 2 aromatic heterocycles. The van der Waals surface area contributed by atoms with Crippen molar-refractivity contribution in [2.75, 3.05) is 0 Å². The normalized spacial score (nSPS) is 25.5. The minimum atomic E-state index is 0.489. The molecule has 6 nitrogen and oxygen atoms in total. The molecule has 0 spiro atoms. The van der Waals surface area contributed by atoms with Gasteiger partial charge in [0, 0.05) is 22.4 Å². The van der Waals surface area contributed by atoms with E-state index in [4.69, 9.17) is 4.99 Å². The van der Waals surface area contributed by atoms with Crippen molar-refractivity contribution < 1.29 is 0 Å². The zero-order valence-corrected chi connectivity index (χ0v) is 14.7. The molecule has 0 amide bonds. The summed E-state index contributed by atoms with van der Waals surface area (Å²) in [5.74, 6) is 0.772. The van der Waals surface area contributed by atoms with Crippen molar-refractivity contribution >= 4 is 22.6 Å². The largest absolute Gasteiger partial charge is 0.315 e. The molecule has 7 heteroatoms. The van der Waals surface area contributed by atoms with Gasteiger partial charge < -0.3 is 4.90 Å². The number of nitrogens with one attached hydrogen (secondary N) is 1. The summed E-state index contributed by atoms with van der Waals surface area (Å²) in [6, 6.07) is 3.29. The van der Waals surface area contributed by atoms with Gasteiger partial charge in [-0.25, -0.2) is 5.10 Å². The Kier molecular flexibility index (Phi) is 3.13. The maximum atomic E-state index is 4.97. The van der Waals surface area contributed by atoms with Gasteiger partial charge >= 0.3 is 0 Å². The van der Waals surface area contributed by atoms with Gasteiger partial charge in [-0.05, 0) is 32.8 Å². The second-order valence-corrected chi connectivity index (χ2v) is 7.59. The zero-order valence-electron chi connectivity index (χ0n) is 13.9. The third-order valence-electron chi connectivity index (χ3n) is 5.36. The van der Waals surface area contributed by atoms with Crippen molar-refractivity contribution in [3.8, 4) is 5.95 Å². The van der Waals surface area contributed by atoms with Gasteiger partial charge in [-0.15, -0.1) is 0 Å². The summed E-state index contributed by atoms with van der Waals surface area (Å²) in [5.41, 5.74) is 4.92. The van der Waals surface area contributed by atoms with Crippen molar-refractivity contribution in [1.29, 1.82) is 0 Å². The van der Waals surface area contributed by atoms with E-state index in [1.807, 2.05) is 0 Å². The highest BCUT2D eigenvalue weighted by Gasteiger charge is 2.42. The summed E-state index contributed by atoms with van der Waals surface area (Å²) >= 11 is 1.77. The van der Waals surface area contributed by atoms with E-state index in [-0.39, 0.29) is 0 Å².